The highest BCUT2D eigenvalue weighted by Gasteiger charge is 2.06. The van der Waals surface area contributed by atoms with Gasteiger partial charge in [-0.25, -0.2) is 10.8 Å². The van der Waals surface area contributed by atoms with Gasteiger partial charge in [0.1, 0.15) is 11.5 Å². The number of aromatic nitrogens is 1. The molecule has 0 unspecified atom stereocenters. The van der Waals surface area contributed by atoms with Gasteiger partial charge in [0.25, 0.3) is 5.91 Å². The van der Waals surface area contributed by atoms with Crippen LogP contribution in [0, 0.1) is 5.92 Å². The zero-order valence-electron chi connectivity index (χ0n) is 11.5. The number of nitrogens with two attached hydrogens (primary N) is 1. The van der Waals surface area contributed by atoms with E-state index in [0.29, 0.717) is 30.6 Å². The van der Waals surface area contributed by atoms with E-state index < -0.39 is 0 Å². The molecule has 6 heteroatoms. The van der Waals surface area contributed by atoms with Crippen molar-refractivity contribution in [1.29, 1.82) is 0 Å². The van der Waals surface area contributed by atoms with E-state index >= 15 is 0 Å². The largest absolute Gasteiger partial charge is 0.381 e. The highest BCUT2D eigenvalue weighted by atomic mass is 16.5. The Morgan fingerprint density at radius 3 is 2.95 bits per heavy atom. The number of ether oxygens (including phenoxy) is 1. The summed E-state index contributed by atoms with van der Waals surface area (Å²) in [6, 6.07) is 5.06. The topological polar surface area (TPSA) is 89.3 Å². The van der Waals surface area contributed by atoms with Gasteiger partial charge in [-0.05, 0) is 24.5 Å². The molecule has 0 fully saturated rings. The number of hydrazine groups is 1. The van der Waals surface area contributed by atoms with Gasteiger partial charge < -0.3 is 15.5 Å². The van der Waals surface area contributed by atoms with Crippen molar-refractivity contribution in [3.05, 3.63) is 23.9 Å². The quantitative estimate of drug-likeness (QED) is 0.373. The average molecular weight is 266 g/mol. The minimum Gasteiger partial charge on any atom is -0.381 e. The van der Waals surface area contributed by atoms with Crippen LogP contribution in [0.2, 0.25) is 0 Å². The molecule has 0 atom stereocenters. The van der Waals surface area contributed by atoms with Gasteiger partial charge in [0, 0.05) is 19.8 Å². The second-order valence-corrected chi connectivity index (χ2v) is 4.63. The lowest BCUT2D eigenvalue weighted by molar-refractivity contribution is 0.0920. The minimum atomic E-state index is -0.207. The molecule has 0 spiro atoms. The highest BCUT2D eigenvalue weighted by Crippen LogP contribution is 2.02. The maximum atomic E-state index is 11.8. The van der Waals surface area contributed by atoms with Gasteiger partial charge in [0.2, 0.25) is 0 Å². The summed E-state index contributed by atoms with van der Waals surface area (Å²) in [5.41, 5.74) is 2.75. The van der Waals surface area contributed by atoms with Crippen LogP contribution < -0.4 is 16.6 Å². The lowest BCUT2D eigenvalue weighted by Crippen LogP contribution is -2.26. The zero-order valence-corrected chi connectivity index (χ0v) is 11.5. The maximum Gasteiger partial charge on any atom is 0.269 e. The van der Waals surface area contributed by atoms with Crippen LogP contribution in [0.5, 0.6) is 0 Å². The molecule has 0 aliphatic heterocycles. The number of amides is 1. The molecular weight excluding hydrogens is 244 g/mol. The third-order valence-electron chi connectivity index (χ3n) is 2.33. The fourth-order valence-corrected chi connectivity index (χ4v) is 1.43. The second-order valence-electron chi connectivity index (χ2n) is 4.63. The van der Waals surface area contributed by atoms with E-state index in [1.165, 1.54) is 0 Å². The fourth-order valence-electron chi connectivity index (χ4n) is 1.43. The summed E-state index contributed by atoms with van der Waals surface area (Å²) in [6.45, 7) is 6.17. The Kier molecular flexibility index (Phi) is 6.84. The molecule has 0 aromatic carbocycles. The standard InChI is InChI=1S/C13H22N4O2/c1-10(2)9-19-8-4-7-15-13(18)11-5-3-6-12(16-11)17-14/h3,5-6,10H,4,7-9,14H2,1-2H3,(H,15,18)(H,16,17). The highest BCUT2D eigenvalue weighted by molar-refractivity contribution is 5.92. The van der Waals surface area contributed by atoms with Gasteiger partial charge in [-0.2, -0.15) is 0 Å². The van der Waals surface area contributed by atoms with Crippen LogP contribution in [-0.2, 0) is 4.74 Å². The first-order chi connectivity index (χ1) is 9.13. The Labute approximate surface area is 113 Å². The second kappa shape index (κ2) is 8.44. The van der Waals surface area contributed by atoms with Crippen molar-refractivity contribution in [3.8, 4) is 0 Å². The van der Waals surface area contributed by atoms with Crippen LogP contribution in [0.15, 0.2) is 18.2 Å². The molecule has 4 N–H and O–H groups in total. The minimum absolute atomic E-state index is 0.207. The fraction of sp³-hybridized carbons (Fsp3) is 0.538. The number of nitrogens with zero attached hydrogens (tertiary/aromatic N) is 1. The number of pyridine rings is 1. The summed E-state index contributed by atoms with van der Waals surface area (Å²) in [6.07, 6.45) is 0.785. The van der Waals surface area contributed by atoms with Crippen molar-refractivity contribution in [2.24, 2.45) is 11.8 Å². The van der Waals surface area contributed by atoms with Gasteiger partial charge >= 0.3 is 0 Å². The summed E-state index contributed by atoms with van der Waals surface area (Å²) in [7, 11) is 0. The van der Waals surface area contributed by atoms with Crippen molar-refractivity contribution in [2.75, 3.05) is 25.2 Å². The Morgan fingerprint density at radius 2 is 2.26 bits per heavy atom. The lowest BCUT2D eigenvalue weighted by Gasteiger charge is -2.08. The lowest BCUT2D eigenvalue weighted by atomic mass is 10.2. The first-order valence-corrected chi connectivity index (χ1v) is 6.43. The van der Waals surface area contributed by atoms with E-state index in [4.69, 9.17) is 10.6 Å². The number of rotatable bonds is 8. The summed E-state index contributed by atoms with van der Waals surface area (Å²) in [5, 5.41) is 2.79. The normalized spacial score (nSPS) is 10.5. The summed E-state index contributed by atoms with van der Waals surface area (Å²) in [5.74, 6) is 6.03. The van der Waals surface area contributed by atoms with Crippen molar-refractivity contribution in [3.63, 3.8) is 0 Å². The van der Waals surface area contributed by atoms with Crippen LogP contribution in [0.25, 0.3) is 0 Å². The SMILES string of the molecule is CC(C)COCCCNC(=O)c1cccc(NN)n1. The molecule has 0 aliphatic rings. The molecule has 0 bridgehead atoms. The van der Waals surface area contributed by atoms with Gasteiger partial charge in [0.05, 0.1) is 0 Å². The van der Waals surface area contributed by atoms with E-state index in [2.05, 4.69) is 29.6 Å². The predicted octanol–water partition coefficient (Wildman–Crippen LogP) is 1.16. The molecule has 106 valence electrons. The van der Waals surface area contributed by atoms with E-state index in [-0.39, 0.29) is 5.91 Å². The molecule has 6 nitrogen and oxygen atoms in total. The smallest absolute Gasteiger partial charge is 0.269 e. The van der Waals surface area contributed by atoms with E-state index in [1.807, 2.05) is 0 Å². The number of carbonyl (C=O) groups excluding carboxylic acids is 1. The van der Waals surface area contributed by atoms with Gasteiger partial charge in [-0.1, -0.05) is 19.9 Å². The van der Waals surface area contributed by atoms with Crippen LogP contribution in [0.3, 0.4) is 0 Å². The van der Waals surface area contributed by atoms with Crippen molar-refractivity contribution < 1.29 is 9.53 Å². The Bertz CT molecular complexity index is 396. The summed E-state index contributed by atoms with van der Waals surface area (Å²) in [4.78, 5) is 15.8. The molecule has 1 amide bonds. The number of hydrogen-bond donors (Lipinski definition) is 3. The van der Waals surface area contributed by atoms with Crippen molar-refractivity contribution in [1.82, 2.24) is 10.3 Å². The third-order valence-corrected chi connectivity index (χ3v) is 2.33. The van der Waals surface area contributed by atoms with Crippen molar-refractivity contribution >= 4 is 11.7 Å². The summed E-state index contributed by atoms with van der Waals surface area (Å²) < 4.78 is 5.43. The molecule has 0 saturated carbocycles. The van der Waals surface area contributed by atoms with Crippen molar-refractivity contribution in [2.45, 2.75) is 20.3 Å². The molecule has 0 aliphatic carbocycles. The zero-order chi connectivity index (χ0) is 14.1. The molecule has 1 aromatic heterocycles. The monoisotopic (exact) mass is 266 g/mol. The molecule has 19 heavy (non-hydrogen) atoms. The van der Waals surface area contributed by atoms with Gasteiger partial charge in [0.15, 0.2) is 0 Å². The first kappa shape index (κ1) is 15.4. The van der Waals surface area contributed by atoms with E-state index in [0.717, 1.165) is 13.0 Å². The van der Waals surface area contributed by atoms with Crippen LogP contribution in [0.1, 0.15) is 30.8 Å². The van der Waals surface area contributed by atoms with E-state index in [9.17, 15) is 4.79 Å². The number of hydrogen-bond acceptors (Lipinski definition) is 5. The predicted molar refractivity (Wildman–Crippen MR) is 74.7 cm³/mol. The van der Waals surface area contributed by atoms with E-state index in [1.54, 1.807) is 18.2 Å². The molecule has 0 saturated heterocycles. The Morgan fingerprint density at radius 1 is 1.47 bits per heavy atom. The van der Waals surface area contributed by atoms with Gasteiger partial charge in [-0.3, -0.25) is 4.79 Å². The molecule has 1 heterocycles. The molecular formula is C13H22N4O2. The first-order valence-electron chi connectivity index (χ1n) is 6.43. The van der Waals surface area contributed by atoms with Gasteiger partial charge in [-0.15, -0.1) is 0 Å². The van der Waals surface area contributed by atoms with Crippen LogP contribution >= 0.6 is 0 Å². The maximum absolute atomic E-state index is 11.8. The average Bonchev–Trinajstić information content (AvgIpc) is 2.42. The molecule has 0 radical (unpaired) electrons. The molecule has 1 aromatic rings. The third kappa shape index (κ3) is 6.17. The number of nitrogens with one attached hydrogen (secondary N) is 2. The summed E-state index contributed by atoms with van der Waals surface area (Å²) >= 11 is 0. The Balaban J connectivity index is 2.23. The number of anilines is 1. The number of nitrogen functional groups attached to an aromatic ring is 1. The van der Waals surface area contributed by atoms with Crippen LogP contribution in [0.4, 0.5) is 5.82 Å². The molecule has 1 rings (SSSR count). The number of carbonyl (C=O) groups is 1. The Hall–Kier alpha value is -1.66. The van der Waals surface area contributed by atoms with Crippen LogP contribution in [-0.4, -0.2) is 30.6 Å².